The van der Waals surface area contributed by atoms with Crippen molar-refractivity contribution in [2.75, 3.05) is 0 Å². The van der Waals surface area contributed by atoms with Crippen LogP contribution in [0.4, 0.5) is 0 Å². The molecule has 0 aromatic rings. The molecule has 0 aliphatic rings. The van der Waals surface area contributed by atoms with Gasteiger partial charge in [0.2, 0.25) is 11.8 Å². The number of rotatable bonds is 10. The summed E-state index contributed by atoms with van der Waals surface area (Å²) in [6.07, 6.45) is 0.904. The van der Waals surface area contributed by atoms with Crippen molar-refractivity contribution in [2.24, 2.45) is 29.2 Å². The number of imide groups is 1. The molecule has 7 heteroatoms. The molecule has 0 aromatic carbocycles. The summed E-state index contributed by atoms with van der Waals surface area (Å²) >= 11 is 0. The normalized spacial score (nSPS) is 15.3. The Morgan fingerprint density at radius 1 is 0.760 bits per heavy atom. The second-order valence-electron chi connectivity index (χ2n) is 8.00. The Hall–Kier alpha value is -1.47. The van der Waals surface area contributed by atoms with Crippen molar-refractivity contribution in [1.82, 2.24) is 4.90 Å². The fourth-order valence-corrected chi connectivity index (χ4v) is 2.75. The van der Waals surface area contributed by atoms with Crippen molar-refractivity contribution in [3.8, 4) is 0 Å². The zero-order valence-corrected chi connectivity index (χ0v) is 16.4. The number of carboxylic acids is 1. The molecule has 3 atom stereocenters. The van der Waals surface area contributed by atoms with E-state index in [1.807, 2.05) is 41.5 Å². The van der Waals surface area contributed by atoms with Gasteiger partial charge in [0.1, 0.15) is 6.04 Å². The highest BCUT2D eigenvalue weighted by Gasteiger charge is 2.39. The molecule has 7 nitrogen and oxygen atoms in total. The second kappa shape index (κ2) is 10.5. The van der Waals surface area contributed by atoms with Crippen molar-refractivity contribution < 1.29 is 19.5 Å². The number of carboxylic acid groups (broad SMARTS) is 1. The number of amides is 2. The molecule has 0 spiro atoms. The summed E-state index contributed by atoms with van der Waals surface area (Å²) in [4.78, 5) is 38.2. The average molecular weight is 357 g/mol. The Morgan fingerprint density at radius 2 is 1.08 bits per heavy atom. The van der Waals surface area contributed by atoms with Gasteiger partial charge in [0.25, 0.3) is 0 Å². The van der Waals surface area contributed by atoms with Crippen LogP contribution in [-0.4, -0.2) is 45.9 Å². The quantitative estimate of drug-likeness (QED) is 0.545. The average Bonchev–Trinajstić information content (AvgIpc) is 2.43. The Labute approximate surface area is 151 Å². The van der Waals surface area contributed by atoms with Crippen LogP contribution in [-0.2, 0) is 14.4 Å². The van der Waals surface area contributed by atoms with Crippen LogP contribution in [0.25, 0.3) is 0 Å². The summed E-state index contributed by atoms with van der Waals surface area (Å²) in [7, 11) is 0. The molecule has 0 rings (SSSR count). The Bertz CT molecular complexity index is 435. The summed E-state index contributed by atoms with van der Waals surface area (Å²) in [5, 5.41) is 9.59. The van der Waals surface area contributed by atoms with Gasteiger partial charge in [0.05, 0.1) is 12.1 Å². The van der Waals surface area contributed by atoms with Crippen molar-refractivity contribution in [3.63, 3.8) is 0 Å². The van der Waals surface area contributed by atoms with Gasteiger partial charge in [-0.25, -0.2) is 4.79 Å². The lowest BCUT2D eigenvalue weighted by molar-refractivity contribution is -0.160. The SMILES string of the molecule is CC(C)CC(N)C(=O)N(C(=O)C(N)CC(C)C)C(CC(C)C)C(=O)O. The number of hydrogen-bond donors (Lipinski definition) is 3. The Morgan fingerprint density at radius 3 is 1.32 bits per heavy atom. The number of aliphatic carboxylic acids is 1. The molecule has 0 aromatic heterocycles. The predicted molar refractivity (Wildman–Crippen MR) is 97.6 cm³/mol. The molecule has 25 heavy (non-hydrogen) atoms. The van der Waals surface area contributed by atoms with Crippen molar-refractivity contribution in [1.29, 1.82) is 0 Å². The first-order valence-electron chi connectivity index (χ1n) is 8.99. The summed E-state index contributed by atoms with van der Waals surface area (Å²) in [6, 6.07) is -3.11. The van der Waals surface area contributed by atoms with Crippen molar-refractivity contribution >= 4 is 17.8 Å². The lowest BCUT2D eigenvalue weighted by Crippen LogP contribution is -2.58. The topological polar surface area (TPSA) is 127 Å². The molecule has 5 N–H and O–H groups in total. The van der Waals surface area contributed by atoms with Gasteiger partial charge in [-0.05, 0) is 37.0 Å². The minimum atomic E-state index is -1.25. The van der Waals surface area contributed by atoms with E-state index in [-0.39, 0.29) is 24.2 Å². The molecular weight excluding hydrogens is 322 g/mol. The van der Waals surface area contributed by atoms with Gasteiger partial charge >= 0.3 is 5.97 Å². The molecular formula is C18H35N3O4. The molecule has 2 amide bonds. The van der Waals surface area contributed by atoms with Crippen LogP contribution in [0, 0.1) is 17.8 Å². The molecule has 3 unspecified atom stereocenters. The highest BCUT2D eigenvalue weighted by Crippen LogP contribution is 2.18. The monoisotopic (exact) mass is 357 g/mol. The molecule has 0 bridgehead atoms. The van der Waals surface area contributed by atoms with Crippen LogP contribution in [0.1, 0.15) is 60.8 Å². The lowest BCUT2D eigenvalue weighted by Gasteiger charge is -2.32. The molecule has 0 fully saturated rings. The standard InChI is InChI=1S/C18H35N3O4/c1-10(2)7-13(19)16(22)21(15(18(24)25)9-12(5)6)17(23)14(20)8-11(3)4/h10-15H,7-9,19-20H2,1-6H3,(H,24,25). The first-order chi connectivity index (χ1) is 11.4. The van der Waals surface area contributed by atoms with Crippen LogP contribution >= 0.6 is 0 Å². The fourth-order valence-electron chi connectivity index (χ4n) is 2.75. The molecule has 146 valence electrons. The number of nitrogens with two attached hydrogens (primary N) is 2. The van der Waals surface area contributed by atoms with Crippen LogP contribution < -0.4 is 11.5 Å². The second-order valence-corrected chi connectivity index (χ2v) is 8.00. The van der Waals surface area contributed by atoms with E-state index in [0.29, 0.717) is 12.8 Å². The molecule has 0 radical (unpaired) electrons. The zero-order valence-electron chi connectivity index (χ0n) is 16.4. The fraction of sp³-hybridized carbons (Fsp3) is 0.833. The highest BCUT2D eigenvalue weighted by molar-refractivity contribution is 6.03. The van der Waals surface area contributed by atoms with E-state index in [0.717, 1.165) is 4.90 Å². The minimum absolute atomic E-state index is 0.00755. The summed E-state index contributed by atoms with van der Waals surface area (Å²) in [6.45, 7) is 11.3. The van der Waals surface area contributed by atoms with E-state index in [1.165, 1.54) is 0 Å². The van der Waals surface area contributed by atoms with E-state index in [1.54, 1.807) is 0 Å². The largest absolute Gasteiger partial charge is 0.480 e. The number of nitrogens with zero attached hydrogens (tertiary/aromatic N) is 1. The maximum atomic E-state index is 12.8. The lowest BCUT2D eigenvalue weighted by atomic mass is 9.97. The zero-order chi connectivity index (χ0) is 19.9. The van der Waals surface area contributed by atoms with E-state index in [4.69, 9.17) is 11.5 Å². The van der Waals surface area contributed by atoms with Crippen LogP contribution in [0.2, 0.25) is 0 Å². The van der Waals surface area contributed by atoms with Crippen LogP contribution in [0.3, 0.4) is 0 Å². The van der Waals surface area contributed by atoms with Crippen molar-refractivity contribution in [2.45, 2.75) is 78.9 Å². The van der Waals surface area contributed by atoms with E-state index in [9.17, 15) is 19.5 Å². The maximum Gasteiger partial charge on any atom is 0.326 e. The third kappa shape index (κ3) is 7.96. The molecule has 0 saturated heterocycles. The molecule has 0 saturated carbocycles. The summed E-state index contributed by atoms with van der Waals surface area (Å²) in [5.41, 5.74) is 11.9. The first-order valence-corrected chi connectivity index (χ1v) is 8.99. The number of carbonyl (C=O) groups is 3. The van der Waals surface area contributed by atoms with E-state index < -0.39 is 35.9 Å². The van der Waals surface area contributed by atoms with E-state index in [2.05, 4.69) is 0 Å². The summed E-state index contributed by atoms with van der Waals surface area (Å²) < 4.78 is 0. The third-order valence-electron chi connectivity index (χ3n) is 3.85. The smallest absolute Gasteiger partial charge is 0.326 e. The van der Waals surface area contributed by atoms with Gasteiger partial charge in [0.15, 0.2) is 0 Å². The molecule has 0 aliphatic heterocycles. The maximum absolute atomic E-state index is 12.8. The number of hydrogen-bond acceptors (Lipinski definition) is 5. The first kappa shape index (κ1) is 23.5. The van der Waals surface area contributed by atoms with Crippen LogP contribution in [0.5, 0.6) is 0 Å². The van der Waals surface area contributed by atoms with Gasteiger partial charge < -0.3 is 16.6 Å². The van der Waals surface area contributed by atoms with Gasteiger partial charge in [0, 0.05) is 0 Å². The molecule has 0 aliphatic carbocycles. The van der Waals surface area contributed by atoms with E-state index >= 15 is 0 Å². The minimum Gasteiger partial charge on any atom is -0.480 e. The Kier molecular flexibility index (Phi) is 9.89. The van der Waals surface area contributed by atoms with Gasteiger partial charge in [-0.1, -0.05) is 41.5 Å². The Balaban J connectivity index is 5.72. The third-order valence-corrected chi connectivity index (χ3v) is 3.85. The van der Waals surface area contributed by atoms with Gasteiger partial charge in [-0.2, -0.15) is 0 Å². The molecule has 0 heterocycles. The summed E-state index contributed by atoms with van der Waals surface area (Å²) in [5.74, 6) is -2.25. The number of carbonyl (C=O) groups excluding carboxylic acids is 2. The predicted octanol–water partition coefficient (Wildman–Crippen LogP) is 1.59. The van der Waals surface area contributed by atoms with Crippen molar-refractivity contribution in [3.05, 3.63) is 0 Å². The van der Waals surface area contributed by atoms with Gasteiger partial charge in [-0.3, -0.25) is 14.5 Å². The van der Waals surface area contributed by atoms with Gasteiger partial charge in [-0.15, -0.1) is 0 Å². The van der Waals surface area contributed by atoms with Crippen LogP contribution in [0.15, 0.2) is 0 Å². The highest BCUT2D eigenvalue weighted by atomic mass is 16.4.